The highest BCUT2D eigenvalue weighted by molar-refractivity contribution is 5.63. The van der Waals surface area contributed by atoms with Crippen molar-refractivity contribution in [3.63, 3.8) is 0 Å². The Bertz CT molecular complexity index is 329. The summed E-state index contributed by atoms with van der Waals surface area (Å²) in [4.78, 5) is 10.6. The van der Waals surface area contributed by atoms with Gasteiger partial charge in [-0.3, -0.25) is 0 Å². The van der Waals surface area contributed by atoms with Crippen LogP contribution in [-0.4, -0.2) is 11.4 Å². The quantitative estimate of drug-likeness (QED) is 0.705. The van der Waals surface area contributed by atoms with Gasteiger partial charge in [-0.25, -0.2) is 0 Å². The first-order valence-corrected chi connectivity index (χ1v) is 4.31. The van der Waals surface area contributed by atoms with E-state index in [1.165, 1.54) is 0 Å². The molecule has 0 aliphatic carbocycles. The lowest BCUT2D eigenvalue weighted by molar-refractivity contribution is -0.108. The summed E-state index contributed by atoms with van der Waals surface area (Å²) >= 11 is 0. The first-order chi connectivity index (χ1) is 6.06. The van der Waals surface area contributed by atoms with Crippen LogP contribution in [0.25, 0.3) is 0 Å². The molecule has 0 heterocycles. The Morgan fingerprint density at radius 2 is 1.92 bits per heavy atom. The highest BCUT2D eigenvalue weighted by atomic mass is 16.3. The Balaban J connectivity index is 3.22. The second kappa shape index (κ2) is 3.60. The molecule has 0 aromatic heterocycles. The second-order valence-electron chi connectivity index (χ2n) is 3.42. The van der Waals surface area contributed by atoms with Crippen molar-refractivity contribution in [3.05, 3.63) is 28.8 Å². The van der Waals surface area contributed by atoms with Crippen molar-refractivity contribution in [2.45, 2.75) is 26.7 Å². The van der Waals surface area contributed by atoms with Crippen LogP contribution in [0.15, 0.2) is 12.1 Å². The van der Waals surface area contributed by atoms with Crippen molar-refractivity contribution in [1.82, 2.24) is 0 Å². The molecule has 1 N–H and O–H groups in total. The van der Waals surface area contributed by atoms with Gasteiger partial charge in [0, 0.05) is 5.92 Å². The highest BCUT2D eigenvalue weighted by Gasteiger charge is 2.09. The molecule has 1 aromatic carbocycles. The summed E-state index contributed by atoms with van der Waals surface area (Å²) < 4.78 is 0. The van der Waals surface area contributed by atoms with E-state index in [9.17, 15) is 9.90 Å². The van der Waals surface area contributed by atoms with Crippen LogP contribution in [0.5, 0.6) is 5.75 Å². The Morgan fingerprint density at radius 1 is 1.31 bits per heavy atom. The molecule has 1 unspecified atom stereocenters. The zero-order chi connectivity index (χ0) is 10.0. The highest BCUT2D eigenvalue weighted by Crippen LogP contribution is 2.25. The fourth-order valence-corrected chi connectivity index (χ4v) is 1.39. The summed E-state index contributed by atoms with van der Waals surface area (Å²) in [6.45, 7) is 5.58. The zero-order valence-corrected chi connectivity index (χ0v) is 8.16. The standard InChI is InChI=1S/C11H14O2/c1-7-5-11(13)8(2)4-10(7)9(3)6-12/h4-6,9,13H,1-3H3. The molecule has 1 atom stereocenters. The van der Waals surface area contributed by atoms with Crippen LogP contribution in [0.3, 0.4) is 0 Å². The number of benzene rings is 1. The average Bonchev–Trinajstić information content (AvgIpc) is 2.10. The third-order valence-corrected chi connectivity index (χ3v) is 2.28. The van der Waals surface area contributed by atoms with Gasteiger partial charge in [0.1, 0.15) is 12.0 Å². The van der Waals surface area contributed by atoms with E-state index in [2.05, 4.69) is 0 Å². The van der Waals surface area contributed by atoms with E-state index in [0.29, 0.717) is 5.75 Å². The summed E-state index contributed by atoms with van der Waals surface area (Å²) in [5.41, 5.74) is 2.77. The monoisotopic (exact) mass is 178 g/mol. The summed E-state index contributed by atoms with van der Waals surface area (Å²) in [5.74, 6) is 0.193. The number of rotatable bonds is 2. The first kappa shape index (κ1) is 9.78. The number of aryl methyl sites for hydroxylation is 2. The largest absolute Gasteiger partial charge is 0.508 e. The van der Waals surface area contributed by atoms with Crippen molar-refractivity contribution in [2.24, 2.45) is 0 Å². The van der Waals surface area contributed by atoms with E-state index in [-0.39, 0.29) is 5.92 Å². The van der Waals surface area contributed by atoms with Gasteiger partial charge >= 0.3 is 0 Å². The number of aldehydes is 1. The van der Waals surface area contributed by atoms with Crippen LogP contribution in [0.1, 0.15) is 29.5 Å². The number of carbonyl (C=O) groups is 1. The van der Waals surface area contributed by atoms with E-state index in [1.54, 1.807) is 6.07 Å². The number of hydrogen-bond donors (Lipinski definition) is 1. The Hall–Kier alpha value is -1.31. The molecule has 1 rings (SSSR count). The Morgan fingerprint density at radius 3 is 2.46 bits per heavy atom. The van der Waals surface area contributed by atoms with E-state index in [4.69, 9.17) is 0 Å². The molecule has 0 saturated carbocycles. The number of carbonyl (C=O) groups excluding carboxylic acids is 1. The number of hydrogen-bond acceptors (Lipinski definition) is 2. The van der Waals surface area contributed by atoms with Gasteiger partial charge in [0.25, 0.3) is 0 Å². The minimum absolute atomic E-state index is 0.0979. The number of aromatic hydroxyl groups is 1. The number of phenols is 1. The second-order valence-corrected chi connectivity index (χ2v) is 3.42. The normalized spacial score (nSPS) is 12.5. The number of phenolic OH excluding ortho intramolecular Hbond substituents is 1. The van der Waals surface area contributed by atoms with Crippen molar-refractivity contribution >= 4 is 6.29 Å². The van der Waals surface area contributed by atoms with Gasteiger partial charge < -0.3 is 9.90 Å². The fourth-order valence-electron chi connectivity index (χ4n) is 1.39. The van der Waals surface area contributed by atoms with Crippen molar-refractivity contribution in [1.29, 1.82) is 0 Å². The van der Waals surface area contributed by atoms with Gasteiger partial charge in [-0.15, -0.1) is 0 Å². The van der Waals surface area contributed by atoms with Crippen LogP contribution in [0.2, 0.25) is 0 Å². The molecule has 0 aliphatic heterocycles. The van der Waals surface area contributed by atoms with Crippen molar-refractivity contribution < 1.29 is 9.90 Å². The molecule has 0 saturated heterocycles. The molecule has 0 aliphatic rings. The van der Waals surface area contributed by atoms with Gasteiger partial charge in [-0.2, -0.15) is 0 Å². The predicted molar refractivity (Wildman–Crippen MR) is 52.1 cm³/mol. The molecule has 1 aromatic rings. The topological polar surface area (TPSA) is 37.3 Å². The Labute approximate surface area is 78.2 Å². The SMILES string of the molecule is Cc1cc(C(C)C=O)c(C)cc1O. The molecule has 2 nitrogen and oxygen atoms in total. The van der Waals surface area contributed by atoms with E-state index >= 15 is 0 Å². The molecule has 13 heavy (non-hydrogen) atoms. The Kier molecular flexibility index (Phi) is 2.71. The molecule has 0 bridgehead atoms. The van der Waals surface area contributed by atoms with Gasteiger partial charge in [-0.05, 0) is 36.6 Å². The maximum atomic E-state index is 10.6. The summed E-state index contributed by atoms with van der Waals surface area (Å²) in [6.07, 6.45) is 0.915. The van der Waals surface area contributed by atoms with Crippen molar-refractivity contribution in [2.75, 3.05) is 0 Å². The van der Waals surface area contributed by atoms with Crippen LogP contribution in [-0.2, 0) is 4.79 Å². The maximum absolute atomic E-state index is 10.6. The summed E-state index contributed by atoms with van der Waals surface area (Å²) in [6, 6.07) is 3.56. The zero-order valence-electron chi connectivity index (χ0n) is 8.16. The van der Waals surface area contributed by atoms with Crippen LogP contribution in [0.4, 0.5) is 0 Å². The maximum Gasteiger partial charge on any atom is 0.127 e. The minimum atomic E-state index is -0.0979. The van der Waals surface area contributed by atoms with Gasteiger partial charge in [0.15, 0.2) is 0 Å². The molecule has 0 spiro atoms. The van der Waals surface area contributed by atoms with Gasteiger partial charge in [0.05, 0.1) is 0 Å². The summed E-state index contributed by atoms with van der Waals surface area (Å²) in [5, 5.41) is 9.39. The molecular formula is C11H14O2. The first-order valence-electron chi connectivity index (χ1n) is 4.31. The molecule has 70 valence electrons. The van der Waals surface area contributed by atoms with Crippen LogP contribution in [0, 0.1) is 13.8 Å². The lowest BCUT2D eigenvalue weighted by Gasteiger charge is -2.10. The summed E-state index contributed by atoms with van der Waals surface area (Å²) in [7, 11) is 0. The predicted octanol–water partition coefficient (Wildman–Crippen LogP) is 2.31. The third-order valence-electron chi connectivity index (χ3n) is 2.28. The van der Waals surface area contributed by atoms with Crippen LogP contribution < -0.4 is 0 Å². The van der Waals surface area contributed by atoms with Crippen molar-refractivity contribution in [3.8, 4) is 5.75 Å². The molecule has 2 heteroatoms. The molecule has 0 fully saturated rings. The lowest BCUT2D eigenvalue weighted by atomic mass is 9.95. The average molecular weight is 178 g/mol. The van der Waals surface area contributed by atoms with E-state index in [1.807, 2.05) is 26.8 Å². The fraction of sp³-hybridized carbons (Fsp3) is 0.364. The smallest absolute Gasteiger partial charge is 0.127 e. The molecule has 0 amide bonds. The van der Waals surface area contributed by atoms with Crippen LogP contribution >= 0.6 is 0 Å². The van der Waals surface area contributed by atoms with Gasteiger partial charge in [0.2, 0.25) is 0 Å². The lowest BCUT2D eigenvalue weighted by Crippen LogP contribution is -1.98. The van der Waals surface area contributed by atoms with E-state index < -0.39 is 0 Å². The molecule has 0 radical (unpaired) electrons. The minimum Gasteiger partial charge on any atom is -0.508 e. The van der Waals surface area contributed by atoms with E-state index in [0.717, 1.165) is 23.0 Å². The van der Waals surface area contributed by atoms with Gasteiger partial charge in [-0.1, -0.05) is 13.0 Å². The molecular weight excluding hydrogens is 164 g/mol. The third kappa shape index (κ3) is 1.89.